The number of rotatable bonds is 6. The summed E-state index contributed by atoms with van der Waals surface area (Å²) in [7, 11) is 0. The topological polar surface area (TPSA) is 46.3 Å². The number of nitrogens with zero attached hydrogens (tertiary/aromatic N) is 2. The van der Waals surface area contributed by atoms with Gasteiger partial charge in [-0.3, -0.25) is 0 Å². The summed E-state index contributed by atoms with van der Waals surface area (Å²) < 4.78 is 15.0. The van der Waals surface area contributed by atoms with Gasteiger partial charge in [0.05, 0.1) is 11.4 Å². The molecule has 0 bridgehead atoms. The van der Waals surface area contributed by atoms with Gasteiger partial charge in [0.15, 0.2) is 0 Å². The van der Waals surface area contributed by atoms with E-state index in [1.54, 1.807) is 0 Å². The van der Waals surface area contributed by atoms with Crippen LogP contribution in [0.3, 0.4) is 0 Å². The Morgan fingerprint density at radius 3 is 0.950 bits per heavy atom. The number of hydrogen-bond donors (Lipinski definition) is 0. The number of anilines is 2. The molecule has 1 saturated carbocycles. The van der Waals surface area contributed by atoms with Crippen LogP contribution in [0.2, 0.25) is 0 Å². The fourth-order valence-electron chi connectivity index (χ4n) is 4.47. The summed E-state index contributed by atoms with van der Waals surface area (Å²) in [6.45, 7) is 30.8. The summed E-state index contributed by atoms with van der Waals surface area (Å²) >= 11 is 0. The zero-order chi connectivity index (χ0) is 28.8. The van der Waals surface area contributed by atoms with Crippen molar-refractivity contribution in [3.63, 3.8) is 0 Å². The normalized spacial score (nSPS) is 13.5. The Morgan fingerprint density at radius 1 is 0.525 bits per heavy atom. The summed E-state index contributed by atoms with van der Waals surface area (Å²) in [5.41, 5.74) is 8.05. The number of hydrogen-bond acceptors (Lipinski definition) is 2. The molecule has 2 aromatic carbocycles. The van der Waals surface area contributed by atoms with E-state index in [1.165, 1.54) is 33.6 Å². The Morgan fingerprint density at radius 2 is 0.750 bits per heavy atom. The van der Waals surface area contributed by atoms with Gasteiger partial charge < -0.3 is 9.80 Å². The first-order valence-corrected chi connectivity index (χ1v) is 13.1. The van der Waals surface area contributed by atoms with Crippen LogP contribution in [-0.2, 0) is 43.4 Å². The summed E-state index contributed by atoms with van der Waals surface area (Å²) in [5, 5.41) is 0. The van der Waals surface area contributed by atoms with Crippen molar-refractivity contribution in [1.82, 2.24) is 0 Å². The molecule has 0 N–H and O–H groups in total. The maximum absolute atomic E-state index is 7.50. The van der Waals surface area contributed by atoms with E-state index < -0.39 is 0 Å². The van der Waals surface area contributed by atoms with Gasteiger partial charge >= 0.3 is 22.6 Å². The van der Waals surface area contributed by atoms with Crippen molar-refractivity contribution in [2.45, 2.75) is 79.1 Å². The van der Waals surface area contributed by atoms with Gasteiger partial charge in [-0.2, -0.15) is 0 Å². The summed E-state index contributed by atoms with van der Waals surface area (Å²) in [5.74, 6) is 1.84. The molecular formula is C34H41CuFeN2O2. The van der Waals surface area contributed by atoms with E-state index in [4.69, 9.17) is 9.30 Å². The zero-order valence-corrected chi connectivity index (χ0v) is 26.7. The maximum Gasteiger partial charge on any atom is 0 e. The Balaban J connectivity index is 0. The first-order chi connectivity index (χ1) is 18.2. The summed E-state index contributed by atoms with van der Waals surface area (Å²) in [6.07, 6.45) is 14.3. The third-order valence-electron chi connectivity index (χ3n) is 6.30. The molecule has 0 aromatic heterocycles. The van der Waals surface area contributed by atoms with Crippen molar-refractivity contribution in [2.24, 2.45) is 0 Å². The van der Waals surface area contributed by atoms with Crippen molar-refractivity contribution < 1.29 is 43.4 Å². The molecule has 0 atom stereocenters. The molecule has 4 nitrogen and oxygen atoms in total. The van der Waals surface area contributed by atoms with Crippen molar-refractivity contribution in [2.75, 3.05) is 9.80 Å². The van der Waals surface area contributed by atoms with Crippen LogP contribution in [0.15, 0.2) is 48.8 Å². The predicted octanol–water partition coefficient (Wildman–Crippen LogP) is 8.92. The summed E-state index contributed by atoms with van der Waals surface area (Å²) in [6, 6.07) is 13.4. The zero-order valence-electron chi connectivity index (χ0n) is 24.7. The monoisotopic (exact) mass is 628 g/mol. The largest absolute Gasteiger partial charge is 0.0312 e. The Bertz CT molecular complexity index is 919. The molecule has 0 saturated heterocycles. The van der Waals surface area contributed by atoms with E-state index in [0.29, 0.717) is 23.7 Å². The second-order valence-electron chi connectivity index (χ2n) is 10.3. The van der Waals surface area contributed by atoms with E-state index in [1.807, 2.05) is 32.1 Å². The van der Waals surface area contributed by atoms with E-state index in [9.17, 15) is 0 Å². The van der Waals surface area contributed by atoms with Gasteiger partial charge in [-0.05, 0) is 78.0 Å². The van der Waals surface area contributed by atoms with Gasteiger partial charge in [-0.15, -0.1) is 0 Å². The van der Waals surface area contributed by atoms with Crippen molar-refractivity contribution in [1.29, 1.82) is 0 Å². The number of para-hydroxylation sites is 2. The molecule has 1 aliphatic heterocycles. The van der Waals surface area contributed by atoms with Crippen LogP contribution in [0.4, 0.5) is 11.4 Å². The minimum atomic E-state index is 0. The van der Waals surface area contributed by atoms with Gasteiger partial charge in [0.25, 0.3) is 0 Å². The molecule has 4 rings (SSSR count). The van der Waals surface area contributed by atoms with Gasteiger partial charge in [-0.1, -0.05) is 91.8 Å². The average Bonchev–Trinajstić information content (AvgIpc) is 3.66. The molecule has 6 heteroatoms. The molecule has 8 radical (unpaired) electrons. The quantitative estimate of drug-likeness (QED) is 0.182. The van der Waals surface area contributed by atoms with Crippen LogP contribution in [0.1, 0.15) is 101 Å². The standard InChI is InChI=1S/C27H36N2.C5H5.2CO.Cu.Fe/c1-18(2)22-11-9-12-23(19(3)4)26(22)28-15-16-29(17-28)27-24(20(5)6)13-10-14-25(27)21(7)8;1-2-4-5-3-1;2*1-2;;/h9-16,18-21H,1-8H3;1-5H;;;;. The van der Waals surface area contributed by atoms with Gasteiger partial charge in [0.1, 0.15) is 0 Å². The van der Waals surface area contributed by atoms with Crippen molar-refractivity contribution >= 4 is 11.4 Å². The Kier molecular flexibility index (Phi) is 21.3. The molecule has 40 heavy (non-hydrogen) atoms. The second kappa shape index (κ2) is 21.1. The van der Waals surface area contributed by atoms with E-state index in [-0.39, 0.29) is 34.1 Å². The average molecular weight is 629 g/mol. The summed E-state index contributed by atoms with van der Waals surface area (Å²) in [4.78, 5) is 4.40. The second-order valence-corrected chi connectivity index (χ2v) is 10.3. The minimum Gasteiger partial charge on any atom is -0.0312 e. The van der Waals surface area contributed by atoms with Crippen LogP contribution in [0, 0.1) is 52.1 Å². The fourth-order valence-corrected chi connectivity index (χ4v) is 4.47. The van der Waals surface area contributed by atoms with Gasteiger partial charge in [0.2, 0.25) is 6.67 Å². The van der Waals surface area contributed by atoms with Crippen molar-refractivity contribution in [3.05, 3.63) is 123 Å². The number of benzene rings is 2. The third kappa shape index (κ3) is 10.9. The van der Waals surface area contributed by atoms with Crippen LogP contribution in [-0.4, -0.2) is 0 Å². The van der Waals surface area contributed by atoms with Crippen LogP contribution >= 0.6 is 0 Å². The van der Waals surface area contributed by atoms with Gasteiger partial charge in [-0.25, -0.2) is 0 Å². The van der Waals surface area contributed by atoms with E-state index in [0.717, 1.165) is 0 Å². The third-order valence-corrected chi connectivity index (χ3v) is 6.30. The molecule has 2 aromatic rings. The van der Waals surface area contributed by atoms with Crippen molar-refractivity contribution in [3.8, 4) is 0 Å². The van der Waals surface area contributed by atoms with Crippen LogP contribution in [0.5, 0.6) is 0 Å². The van der Waals surface area contributed by atoms with Crippen LogP contribution in [0.25, 0.3) is 0 Å². The first-order valence-electron chi connectivity index (χ1n) is 13.1. The molecule has 0 spiro atoms. The van der Waals surface area contributed by atoms with Gasteiger partial charge in [0, 0.05) is 46.5 Å². The molecule has 1 fully saturated rings. The van der Waals surface area contributed by atoms with Crippen LogP contribution < -0.4 is 9.80 Å². The Labute approximate surface area is 265 Å². The first kappa shape index (κ1) is 40.4. The molecule has 2 aliphatic rings. The smallest absolute Gasteiger partial charge is 0 e. The SMILES string of the molecule is CC(C)c1cccc(C(C)C)c1N1[C]N(c2c(C(C)C)cccc2C(C)C)C=C1.[C-]#[O+].[C-]#[O+].[CH]1[CH][CH][CH][CH]1.[Cu].[Fe]. The maximum atomic E-state index is 7.50. The minimum absolute atomic E-state index is 0. The molecule has 218 valence electrons. The Hall–Kier alpha value is -1.70. The van der Waals surface area contributed by atoms with E-state index in [2.05, 4.69) is 134 Å². The molecule has 1 aliphatic carbocycles. The fraction of sp³-hybridized carbons (Fsp3) is 0.353. The molecule has 0 amide bonds. The predicted molar refractivity (Wildman–Crippen MR) is 156 cm³/mol. The molecule has 1 heterocycles. The molecular weight excluding hydrogens is 588 g/mol. The molecule has 0 unspecified atom stereocenters. The van der Waals surface area contributed by atoms with E-state index >= 15 is 0 Å².